The van der Waals surface area contributed by atoms with Gasteiger partial charge in [-0.1, -0.05) is 6.92 Å². The summed E-state index contributed by atoms with van der Waals surface area (Å²) in [7, 11) is 5.44. The number of amides is 1. The average molecular weight is 506 g/mol. The van der Waals surface area contributed by atoms with Gasteiger partial charge in [0.05, 0.1) is 6.04 Å². The highest BCUT2D eigenvalue weighted by molar-refractivity contribution is 14.0. The molecule has 1 aromatic rings. The lowest BCUT2D eigenvalue weighted by atomic mass is 10.2. The second kappa shape index (κ2) is 12.9. The number of carbonyl (C=O) groups is 1. The molecule has 2 heterocycles. The molecule has 1 unspecified atom stereocenters. The summed E-state index contributed by atoms with van der Waals surface area (Å²) < 4.78 is 2.05. The molecule has 28 heavy (non-hydrogen) atoms. The number of hydrogen-bond donors (Lipinski definition) is 2. The standard InChI is InChI=1S/C18H34N8O.HI/c1-5-16-23-22-14-26(16)13-10-21-18(19-2)20-9-7-12-25-11-6-8-15(25)17(27)24(3)4;/h14-15H,5-13H2,1-4H3,(H2,19,20,21);1H. The molecule has 0 aromatic carbocycles. The van der Waals surface area contributed by atoms with Crippen molar-refractivity contribution in [3.63, 3.8) is 0 Å². The van der Waals surface area contributed by atoms with Gasteiger partial charge in [-0.2, -0.15) is 0 Å². The molecule has 1 fully saturated rings. The Kier molecular flexibility index (Phi) is 11.4. The van der Waals surface area contributed by atoms with Gasteiger partial charge in [0.15, 0.2) is 5.96 Å². The Hall–Kier alpha value is -1.43. The Morgan fingerprint density at radius 1 is 1.32 bits per heavy atom. The smallest absolute Gasteiger partial charge is 0.239 e. The van der Waals surface area contributed by atoms with Gasteiger partial charge in [-0.05, 0) is 25.8 Å². The van der Waals surface area contributed by atoms with Crippen LogP contribution in [0.2, 0.25) is 0 Å². The highest BCUT2D eigenvalue weighted by atomic mass is 127. The molecule has 1 aliphatic heterocycles. The summed E-state index contributed by atoms with van der Waals surface area (Å²) in [5.41, 5.74) is 0. The summed E-state index contributed by atoms with van der Waals surface area (Å²) in [4.78, 5) is 20.5. The van der Waals surface area contributed by atoms with Gasteiger partial charge < -0.3 is 20.1 Å². The number of nitrogens with zero attached hydrogens (tertiary/aromatic N) is 6. The topological polar surface area (TPSA) is 90.7 Å². The highest BCUT2D eigenvalue weighted by Gasteiger charge is 2.30. The molecule has 1 amide bonds. The number of halogens is 1. The maximum atomic E-state index is 12.2. The summed E-state index contributed by atoms with van der Waals surface area (Å²) in [5, 5.41) is 14.7. The Morgan fingerprint density at radius 3 is 2.75 bits per heavy atom. The lowest BCUT2D eigenvalue weighted by Crippen LogP contribution is -2.44. The van der Waals surface area contributed by atoms with Crippen molar-refractivity contribution >= 4 is 35.8 Å². The number of aromatic nitrogens is 3. The molecule has 160 valence electrons. The molecule has 1 atom stereocenters. The number of carbonyl (C=O) groups excluding carboxylic acids is 1. The van der Waals surface area contributed by atoms with Gasteiger partial charge in [-0.3, -0.25) is 14.7 Å². The Bertz CT molecular complexity index is 618. The van der Waals surface area contributed by atoms with Crippen LogP contribution in [0.1, 0.15) is 32.0 Å². The molecule has 2 N–H and O–H groups in total. The molecule has 2 rings (SSSR count). The SMILES string of the molecule is CCc1nncn1CCNC(=NC)NCCCN1CCCC1C(=O)N(C)C.I. The third kappa shape index (κ3) is 7.19. The van der Waals surface area contributed by atoms with Crippen molar-refractivity contribution < 1.29 is 4.79 Å². The molecule has 1 aliphatic rings. The predicted molar refractivity (Wildman–Crippen MR) is 122 cm³/mol. The minimum Gasteiger partial charge on any atom is -0.356 e. The second-order valence-corrected chi connectivity index (χ2v) is 7.00. The van der Waals surface area contributed by atoms with Gasteiger partial charge in [0, 0.05) is 53.7 Å². The van der Waals surface area contributed by atoms with Crippen LogP contribution in [0.25, 0.3) is 0 Å². The van der Waals surface area contributed by atoms with Crippen molar-refractivity contribution in [1.82, 2.24) is 35.2 Å². The lowest BCUT2D eigenvalue weighted by Gasteiger charge is -2.26. The molecule has 0 radical (unpaired) electrons. The fraction of sp³-hybridized carbons (Fsp3) is 0.778. The molecule has 0 saturated carbocycles. The lowest BCUT2D eigenvalue weighted by molar-refractivity contribution is -0.133. The number of aliphatic imine (C=N–C) groups is 1. The number of hydrogen-bond acceptors (Lipinski definition) is 5. The van der Waals surface area contributed by atoms with E-state index in [1.165, 1.54) is 0 Å². The number of guanidine groups is 1. The monoisotopic (exact) mass is 506 g/mol. The zero-order valence-corrected chi connectivity index (χ0v) is 19.8. The van der Waals surface area contributed by atoms with E-state index in [0.717, 1.165) is 70.2 Å². The maximum absolute atomic E-state index is 12.2. The second-order valence-electron chi connectivity index (χ2n) is 7.00. The summed E-state index contributed by atoms with van der Waals surface area (Å²) in [6, 6.07) is 0.0500. The molecule has 0 bridgehead atoms. The van der Waals surface area contributed by atoms with E-state index >= 15 is 0 Å². The predicted octanol–water partition coefficient (Wildman–Crippen LogP) is 0.566. The van der Waals surface area contributed by atoms with E-state index < -0.39 is 0 Å². The minimum atomic E-state index is 0. The van der Waals surface area contributed by atoms with Crippen LogP contribution in [0.3, 0.4) is 0 Å². The van der Waals surface area contributed by atoms with Gasteiger partial charge in [-0.15, -0.1) is 34.2 Å². The summed E-state index contributed by atoms with van der Waals surface area (Å²) >= 11 is 0. The Balaban J connectivity index is 0.00000392. The number of rotatable bonds is 9. The molecule has 0 aliphatic carbocycles. The summed E-state index contributed by atoms with van der Waals surface area (Å²) in [5.74, 6) is 2.01. The van der Waals surface area contributed by atoms with E-state index in [0.29, 0.717) is 0 Å². The van der Waals surface area contributed by atoms with Crippen LogP contribution >= 0.6 is 24.0 Å². The number of likely N-dealkylation sites (tertiary alicyclic amines) is 1. The van der Waals surface area contributed by atoms with Crippen LogP contribution in [0.4, 0.5) is 0 Å². The first kappa shape index (κ1) is 24.6. The molecular weight excluding hydrogens is 471 g/mol. The van der Waals surface area contributed by atoms with Crippen LogP contribution < -0.4 is 10.6 Å². The third-order valence-electron chi connectivity index (χ3n) is 4.88. The van der Waals surface area contributed by atoms with E-state index in [2.05, 4.69) is 42.2 Å². The molecule has 9 nitrogen and oxygen atoms in total. The van der Waals surface area contributed by atoms with Gasteiger partial charge in [-0.25, -0.2) is 0 Å². The normalized spacial score (nSPS) is 17.3. The van der Waals surface area contributed by atoms with E-state index in [1.807, 2.05) is 14.1 Å². The van der Waals surface area contributed by atoms with Crippen molar-refractivity contribution in [2.24, 2.45) is 4.99 Å². The molecule has 10 heteroatoms. The van der Waals surface area contributed by atoms with E-state index in [4.69, 9.17) is 0 Å². The Morgan fingerprint density at radius 2 is 2.07 bits per heavy atom. The van der Waals surface area contributed by atoms with Crippen molar-refractivity contribution in [3.8, 4) is 0 Å². The average Bonchev–Trinajstić information content (AvgIpc) is 3.31. The maximum Gasteiger partial charge on any atom is 0.239 e. The van der Waals surface area contributed by atoms with Crippen LogP contribution in [0, 0.1) is 0 Å². The van der Waals surface area contributed by atoms with E-state index in [9.17, 15) is 4.79 Å². The number of likely N-dealkylation sites (N-methyl/N-ethyl adjacent to an activating group) is 1. The van der Waals surface area contributed by atoms with Crippen LogP contribution in [-0.4, -0.2) is 89.8 Å². The van der Waals surface area contributed by atoms with E-state index in [-0.39, 0.29) is 35.9 Å². The van der Waals surface area contributed by atoms with Gasteiger partial charge in [0.2, 0.25) is 5.91 Å². The van der Waals surface area contributed by atoms with Crippen LogP contribution in [0.5, 0.6) is 0 Å². The zero-order chi connectivity index (χ0) is 19.6. The van der Waals surface area contributed by atoms with Crippen molar-refractivity contribution in [1.29, 1.82) is 0 Å². The van der Waals surface area contributed by atoms with Crippen molar-refractivity contribution in [2.45, 2.75) is 45.2 Å². The summed E-state index contributed by atoms with van der Waals surface area (Å²) in [6.07, 6.45) is 5.68. The van der Waals surface area contributed by atoms with Gasteiger partial charge in [0.25, 0.3) is 0 Å². The molecule has 1 saturated heterocycles. The Labute approximate surface area is 185 Å². The van der Waals surface area contributed by atoms with Crippen LogP contribution in [0.15, 0.2) is 11.3 Å². The highest BCUT2D eigenvalue weighted by Crippen LogP contribution is 2.18. The van der Waals surface area contributed by atoms with Crippen molar-refractivity contribution in [3.05, 3.63) is 12.2 Å². The molecular formula is C18H35IN8O. The third-order valence-corrected chi connectivity index (χ3v) is 4.88. The van der Waals surface area contributed by atoms with E-state index in [1.54, 1.807) is 18.3 Å². The fourth-order valence-corrected chi connectivity index (χ4v) is 3.42. The first-order valence-electron chi connectivity index (χ1n) is 9.83. The molecule has 1 aromatic heterocycles. The largest absolute Gasteiger partial charge is 0.356 e. The summed E-state index contributed by atoms with van der Waals surface area (Å²) in [6.45, 7) is 6.40. The quantitative estimate of drug-likeness (QED) is 0.220. The molecule has 0 spiro atoms. The first-order valence-corrected chi connectivity index (χ1v) is 9.83. The minimum absolute atomic E-state index is 0. The van der Waals surface area contributed by atoms with Crippen LogP contribution in [-0.2, 0) is 17.8 Å². The zero-order valence-electron chi connectivity index (χ0n) is 17.5. The first-order chi connectivity index (χ1) is 13.1. The van der Waals surface area contributed by atoms with Gasteiger partial charge in [0.1, 0.15) is 12.2 Å². The number of aryl methyl sites for hydroxylation is 1. The number of nitrogens with one attached hydrogen (secondary N) is 2. The van der Waals surface area contributed by atoms with Gasteiger partial charge >= 0.3 is 0 Å². The fourth-order valence-electron chi connectivity index (χ4n) is 3.42. The van der Waals surface area contributed by atoms with Crippen molar-refractivity contribution in [2.75, 3.05) is 47.3 Å².